The standard InChI is InChI=1S/C28H28N2O3/c1-21-26(29-28(33-21)24-9-4-3-5-10-24)12-6-8-22-13-15-23(16-14-22)20-30-19-7-11-25(30)17-18-27(31)32-2/h3-5,7,9-11,13-19H,6,8,12,20H2,1-2H3. The van der Waals surface area contributed by atoms with Gasteiger partial charge in [-0.05, 0) is 67.7 Å². The molecule has 2 aromatic carbocycles. The Hall–Kier alpha value is -3.86. The SMILES string of the molecule is COC(=O)C=Cc1cccn1Cc1ccc(CCCc2nc(-c3ccccc3)oc2C)cc1. The van der Waals surface area contributed by atoms with E-state index in [2.05, 4.69) is 33.6 Å². The zero-order valence-electron chi connectivity index (χ0n) is 19.0. The van der Waals surface area contributed by atoms with Gasteiger partial charge in [0.2, 0.25) is 5.89 Å². The van der Waals surface area contributed by atoms with Gasteiger partial charge in [0.1, 0.15) is 5.76 Å². The van der Waals surface area contributed by atoms with E-state index in [-0.39, 0.29) is 5.97 Å². The first-order valence-corrected chi connectivity index (χ1v) is 11.1. The summed E-state index contributed by atoms with van der Waals surface area (Å²) < 4.78 is 12.6. The van der Waals surface area contributed by atoms with Gasteiger partial charge in [0.15, 0.2) is 0 Å². The van der Waals surface area contributed by atoms with E-state index in [1.165, 1.54) is 24.3 Å². The molecule has 5 nitrogen and oxygen atoms in total. The molecule has 0 radical (unpaired) electrons. The van der Waals surface area contributed by atoms with Crippen molar-refractivity contribution in [2.24, 2.45) is 0 Å². The maximum absolute atomic E-state index is 11.3. The van der Waals surface area contributed by atoms with Gasteiger partial charge in [-0.2, -0.15) is 0 Å². The van der Waals surface area contributed by atoms with Crippen LogP contribution in [0.1, 0.15) is 34.7 Å². The number of rotatable bonds is 9. The van der Waals surface area contributed by atoms with Crippen LogP contribution in [0.15, 0.2) is 83.4 Å². The highest BCUT2D eigenvalue weighted by Crippen LogP contribution is 2.22. The van der Waals surface area contributed by atoms with Crippen LogP contribution in [0.3, 0.4) is 0 Å². The molecule has 4 rings (SSSR count). The molecule has 0 atom stereocenters. The number of esters is 1. The van der Waals surface area contributed by atoms with Gasteiger partial charge in [-0.25, -0.2) is 9.78 Å². The van der Waals surface area contributed by atoms with E-state index in [4.69, 9.17) is 9.40 Å². The van der Waals surface area contributed by atoms with E-state index >= 15 is 0 Å². The number of carbonyl (C=O) groups excluding carboxylic acids is 1. The molecule has 0 aliphatic rings. The average molecular weight is 441 g/mol. The number of aryl methyl sites for hydroxylation is 3. The molecule has 4 aromatic rings. The van der Waals surface area contributed by atoms with Crippen LogP contribution in [-0.2, 0) is 28.9 Å². The molecule has 33 heavy (non-hydrogen) atoms. The van der Waals surface area contributed by atoms with E-state index in [1.54, 1.807) is 6.08 Å². The van der Waals surface area contributed by atoms with Crippen molar-refractivity contribution in [1.82, 2.24) is 9.55 Å². The van der Waals surface area contributed by atoms with E-state index < -0.39 is 0 Å². The van der Waals surface area contributed by atoms with Crippen LogP contribution in [0.25, 0.3) is 17.5 Å². The van der Waals surface area contributed by atoms with Crippen molar-refractivity contribution >= 4 is 12.0 Å². The Morgan fingerprint density at radius 1 is 1.00 bits per heavy atom. The number of methoxy groups -OCH3 is 1. The van der Waals surface area contributed by atoms with Crippen molar-refractivity contribution in [3.05, 3.63) is 107 Å². The van der Waals surface area contributed by atoms with Crippen molar-refractivity contribution in [2.45, 2.75) is 32.7 Å². The number of nitrogens with zero attached hydrogens (tertiary/aromatic N) is 2. The molecular formula is C28H28N2O3. The molecule has 0 spiro atoms. The number of carbonyl (C=O) groups is 1. The third-order valence-corrected chi connectivity index (χ3v) is 5.62. The first kappa shape index (κ1) is 22.3. The molecule has 0 saturated heterocycles. The molecule has 168 valence electrons. The lowest BCUT2D eigenvalue weighted by Crippen LogP contribution is -2.01. The van der Waals surface area contributed by atoms with Crippen LogP contribution in [0.4, 0.5) is 0 Å². The average Bonchev–Trinajstić information content (AvgIpc) is 3.45. The van der Waals surface area contributed by atoms with Gasteiger partial charge in [0, 0.05) is 30.1 Å². The molecule has 0 bridgehead atoms. The Labute approximate surface area is 194 Å². The zero-order chi connectivity index (χ0) is 23.0. The second-order valence-electron chi connectivity index (χ2n) is 7.98. The smallest absolute Gasteiger partial charge is 0.330 e. The van der Waals surface area contributed by atoms with Gasteiger partial charge in [0.05, 0.1) is 12.8 Å². The van der Waals surface area contributed by atoms with Gasteiger partial charge in [-0.15, -0.1) is 0 Å². The van der Waals surface area contributed by atoms with Gasteiger partial charge in [-0.3, -0.25) is 0 Å². The first-order chi connectivity index (χ1) is 16.1. The van der Waals surface area contributed by atoms with Gasteiger partial charge < -0.3 is 13.7 Å². The number of aromatic nitrogens is 2. The lowest BCUT2D eigenvalue weighted by atomic mass is 10.0. The monoisotopic (exact) mass is 440 g/mol. The minimum atomic E-state index is -0.357. The summed E-state index contributed by atoms with van der Waals surface area (Å²) in [5.41, 5.74) is 5.52. The third-order valence-electron chi connectivity index (χ3n) is 5.62. The quantitative estimate of drug-likeness (QED) is 0.242. The predicted octanol–water partition coefficient (Wildman–Crippen LogP) is 5.86. The van der Waals surface area contributed by atoms with E-state index in [0.717, 1.165) is 48.5 Å². The van der Waals surface area contributed by atoms with Crippen LogP contribution in [0.5, 0.6) is 0 Å². The Morgan fingerprint density at radius 2 is 1.76 bits per heavy atom. The largest absolute Gasteiger partial charge is 0.466 e. The summed E-state index contributed by atoms with van der Waals surface area (Å²) in [6.07, 6.45) is 8.12. The summed E-state index contributed by atoms with van der Waals surface area (Å²) in [5, 5.41) is 0. The molecular weight excluding hydrogens is 412 g/mol. The maximum Gasteiger partial charge on any atom is 0.330 e. The lowest BCUT2D eigenvalue weighted by Gasteiger charge is -2.08. The third kappa shape index (κ3) is 5.89. The number of ether oxygens (including phenoxy) is 1. The van der Waals surface area contributed by atoms with Crippen molar-refractivity contribution < 1.29 is 13.9 Å². The highest BCUT2D eigenvalue weighted by atomic mass is 16.5. The summed E-state index contributed by atoms with van der Waals surface area (Å²) in [6.45, 7) is 2.73. The molecule has 0 unspecified atom stereocenters. The Balaban J connectivity index is 1.31. The van der Waals surface area contributed by atoms with Crippen molar-refractivity contribution in [1.29, 1.82) is 0 Å². The molecule has 0 fully saturated rings. The lowest BCUT2D eigenvalue weighted by molar-refractivity contribution is -0.134. The number of hydrogen-bond acceptors (Lipinski definition) is 4. The molecule has 2 aromatic heterocycles. The van der Waals surface area contributed by atoms with Crippen LogP contribution in [-0.4, -0.2) is 22.6 Å². The molecule has 5 heteroatoms. The molecule has 0 aliphatic heterocycles. The normalized spacial score (nSPS) is 11.2. The van der Waals surface area contributed by atoms with Crippen molar-refractivity contribution in [3.8, 4) is 11.5 Å². The highest BCUT2D eigenvalue weighted by Gasteiger charge is 2.11. The summed E-state index contributed by atoms with van der Waals surface area (Å²) in [5.74, 6) is 1.23. The van der Waals surface area contributed by atoms with Crippen molar-refractivity contribution in [3.63, 3.8) is 0 Å². The summed E-state index contributed by atoms with van der Waals surface area (Å²) in [6, 6.07) is 22.7. The van der Waals surface area contributed by atoms with Crippen LogP contribution in [0, 0.1) is 6.92 Å². The van der Waals surface area contributed by atoms with E-state index in [1.807, 2.05) is 55.6 Å². The summed E-state index contributed by atoms with van der Waals surface area (Å²) in [7, 11) is 1.38. The van der Waals surface area contributed by atoms with Crippen LogP contribution >= 0.6 is 0 Å². The number of benzene rings is 2. The zero-order valence-corrected chi connectivity index (χ0v) is 19.0. The van der Waals surface area contributed by atoms with Gasteiger partial charge in [0.25, 0.3) is 0 Å². The fraction of sp³-hybridized carbons (Fsp3) is 0.214. The van der Waals surface area contributed by atoms with Crippen molar-refractivity contribution in [2.75, 3.05) is 7.11 Å². The van der Waals surface area contributed by atoms with E-state index in [9.17, 15) is 4.79 Å². The molecule has 0 N–H and O–H groups in total. The minimum absolute atomic E-state index is 0.357. The van der Waals surface area contributed by atoms with Crippen LogP contribution < -0.4 is 0 Å². The number of oxazole rings is 1. The predicted molar refractivity (Wildman–Crippen MR) is 130 cm³/mol. The minimum Gasteiger partial charge on any atom is -0.466 e. The Morgan fingerprint density at radius 3 is 2.52 bits per heavy atom. The topological polar surface area (TPSA) is 57.3 Å². The second-order valence-corrected chi connectivity index (χ2v) is 7.98. The highest BCUT2D eigenvalue weighted by molar-refractivity contribution is 5.86. The second kappa shape index (κ2) is 10.6. The number of hydrogen-bond donors (Lipinski definition) is 0. The molecule has 0 saturated carbocycles. The summed E-state index contributed by atoms with van der Waals surface area (Å²) in [4.78, 5) is 16.1. The maximum atomic E-state index is 11.3. The summed E-state index contributed by atoms with van der Waals surface area (Å²) >= 11 is 0. The Bertz CT molecular complexity index is 1220. The fourth-order valence-electron chi connectivity index (χ4n) is 3.78. The molecule has 0 aliphatic carbocycles. The Kier molecular flexibility index (Phi) is 7.20. The fourth-order valence-corrected chi connectivity index (χ4v) is 3.78. The van der Waals surface area contributed by atoms with Gasteiger partial charge in [-0.1, -0.05) is 42.5 Å². The first-order valence-electron chi connectivity index (χ1n) is 11.1. The van der Waals surface area contributed by atoms with Gasteiger partial charge >= 0.3 is 5.97 Å². The van der Waals surface area contributed by atoms with E-state index in [0.29, 0.717) is 5.89 Å². The molecule has 2 heterocycles. The molecule has 0 amide bonds. The van der Waals surface area contributed by atoms with Crippen LogP contribution in [0.2, 0.25) is 0 Å².